The number of halogens is 1. The lowest BCUT2D eigenvalue weighted by atomic mass is 9.95. The zero-order chi connectivity index (χ0) is 16.4. The molecule has 3 rings (SSSR count). The molecular weight excluding hydrogens is 330 g/mol. The number of carbonyl (C=O) groups excluding carboxylic acids is 2. The van der Waals surface area contributed by atoms with Gasteiger partial charge in [-0.15, -0.1) is 12.4 Å². The summed E-state index contributed by atoms with van der Waals surface area (Å²) in [6.45, 7) is 5.63. The fourth-order valence-corrected chi connectivity index (χ4v) is 3.10. The highest BCUT2D eigenvalue weighted by Crippen LogP contribution is 2.33. The highest BCUT2D eigenvalue weighted by molar-refractivity contribution is 6.03. The Balaban J connectivity index is 0.00000208. The van der Waals surface area contributed by atoms with E-state index in [1.165, 1.54) is 4.90 Å². The van der Waals surface area contributed by atoms with Gasteiger partial charge in [0.25, 0.3) is 5.91 Å². The van der Waals surface area contributed by atoms with Crippen LogP contribution in [0.1, 0.15) is 20.3 Å². The first kappa shape index (κ1) is 18.5. The average molecular weight is 354 g/mol. The number of amides is 2. The van der Waals surface area contributed by atoms with E-state index in [2.05, 4.69) is 17.6 Å². The summed E-state index contributed by atoms with van der Waals surface area (Å²) >= 11 is 0. The molecule has 132 valence electrons. The first-order valence-electron chi connectivity index (χ1n) is 8.13. The van der Waals surface area contributed by atoms with Crippen LogP contribution in [0.2, 0.25) is 0 Å². The van der Waals surface area contributed by atoms with Crippen LogP contribution in [0.5, 0.6) is 5.75 Å². The molecule has 7 heteroatoms. The number of piperidine rings is 1. The predicted octanol–water partition coefficient (Wildman–Crippen LogP) is 1.34. The molecule has 1 fully saturated rings. The first-order valence-corrected chi connectivity index (χ1v) is 8.13. The van der Waals surface area contributed by atoms with Crippen LogP contribution in [0.15, 0.2) is 24.3 Å². The number of benzene rings is 1. The molecule has 1 aromatic rings. The van der Waals surface area contributed by atoms with Crippen molar-refractivity contribution in [2.24, 2.45) is 5.92 Å². The van der Waals surface area contributed by atoms with Gasteiger partial charge in [-0.25, -0.2) is 0 Å². The van der Waals surface area contributed by atoms with Crippen LogP contribution in [-0.2, 0) is 9.59 Å². The number of anilines is 1. The second-order valence-electron chi connectivity index (χ2n) is 6.30. The Labute approximate surface area is 148 Å². The lowest BCUT2D eigenvalue weighted by Crippen LogP contribution is -2.54. The lowest BCUT2D eigenvalue weighted by Gasteiger charge is -2.34. The maximum atomic E-state index is 12.4. The van der Waals surface area contributed by atoms with Gasteiger partial charge in [0.2, 0.25) is 5.91 Å². The standard InChI is InChI=1S/C17H23N3O3.ClH/c1-11-7-8-18-9-13(11)19-16(21)10-20-14-5-3-4-6-15(14)23-12(2)17(20)22;/h3-6,11-13,18H,7-10H2,1-2H3,(H,19,21);1H. The second-order valence-corrected chi connectivity index (χ2v) is 6.30. The summed E-state index contributed by atoms with van der Waals surface area (Å²) in [5.41, 5.74) is 0.653. The third-order valence-corrected chi connectivity index (χ3v) is 4.55. The molecule has 0 bridgehead atoms. The third kappa shape index (κ3) is 3.82. The molecule has 24 heavy (non-hydrogen) atoms. The largest absolute Gasteiger partial charge is 0.479 e. The highest BCUT2D eigenvalue weighted by Gasteiger charge is 2.33. The van der Waals surface area contributed by atoms with Crippen molar-refractivity contribution < 1.29 is 14.3 Å². The minimum absolute atomic E-state index is 0. The van der Waals surface area contributed by atoms with Gasteiger partial charge < -0.3 is 15.4 Å². The van der Waals surface area contributed by atoms with Crippen LogP contribution in [0.4, 0.5) is 5.69 Å². The Morgan fingerprint density at radius 3 is 2.88 bits per heavy atom. The SMILES string of the molecule is CC1Oc2ccccc2N(CC(=O)NC2CNCCC2C)C1=O.Cl. The monoisotopic (exact) mass is 353 g/mol. The molecule has 1 saturated heterocycles. The van der Waals surface area contributed by atoms with Gasteiger partial charge in [-0.05, 0) is 37.9 Å². The summed E-state index contributed by atoms with van der Waals surface area (Å²) in [6, 6.07) is 7.42. The first-order chi connectivity index (χ1) is 11.1. The van der Waals surface area contributed by atoms with Crippen LogP contribution in [0, 0.1) is 5.92 Å². The Morgan fingerprint density at radius 2 is 2.12 bits per heavy atom. The maximum Gasteiger partial charge on any atom is 0.268 e. The van der Waals surface area contributed by atoms with Crippen LogP contribution in [0.3, 0.4) is 0 Å². The van der Waals surface area contributed by atoms with E-state index in [0.717, 1.165) is 19.5 Å². The van der Waals surface area contributed by atoms with Crippen LogP contribution >= 0.6 is 12.4 Å². The quantitative estimate of drug-likeness (QED) is 0.860. The summed E-state index contributed by atoms with van der Waals surface area (Å²) in [7, 11) is 0. The van der Waals surface area contributed by atoms with Crippen molar-refractivity contribution >= 4 is 29.9 Å². The zero-order valence-electron chi connectivity index (χ0n) is 14.0. The average Bonchev–Trinajstić information content (AvgIpc) is 2.54. The molecule has 1 aromatic carbocycles. The number of nitrogens with one attached hydrogen (secondary N) is 2. The van der Waals surface area contributed by atoms with Gasteiger partial charge in [0.15, 0.2) is 6.10 Å². The summed E-state index contributed by atoms with van der Waals surface area (Å²) in [4.78, 5) is 26.3. The zero-order valence-corrected chi connectivity index (χ0v) is 14.8. The molecule has 2 N–H and O–H groups in total. The van der Waals surface area contributed by atoms with Gasteiger partial charge >= 0.3 is 0 Å². The number of rotatable bonds is 3. The molecule has 0 radical (unpaired) electrons. The number of fused-ring (bicyclic) bond motifs is 1. The molecule has 0 spiro atoms. The Hall–Kier alpha value is -1.79. The minimum Gasteiger partial charge on any atom is -0.479 e. The highest BCUT2D eigenvalue weighted by atomic mass is 35.5. The molecular formula is C17H24ClN3O3. The Bertz CT molecular complexity index is 610. The smallest absolute Gasteiger partial charge is 0.268 e. The summed E-state index contributed by atoms with van der Waals surface area (Å²) in [5.74, 6) is 0.753. The molecule has 2 heterocycles. The number of hydrogen-bond donors (Lipinski definition) is 2. The number of carbonyl (C=O) groups is 2. The molecule has 2 aliphatic rings. The van der Waals surface area contributed by atoms with Crippen molar-refractivity contribution in [2.45, 2.75) is 32.4 Å². The minimum atomic E-state index is -0.576. The van der Waals surface area contributed by atoms with Crippen LogP contribution in [-0.4, -0.2) is 43.6 Å². The van der Waals surface area contributed by atoms with Crippen molar-refractivity contribution in [2.75, 3.05) is 24.5 Å². The van der Waals surface area contributed by atoms with Gasteiger partial charge in [0.1, 0.15) is 12.3 Å². The topological polar surface area (TPSA) is 70.7 Å². The van der Waals surface area contributed by atoms with Gasteiger partial charge in [0, 0.05) is 12.6 Å². The van der Waals surface area contributed by atoms with E-state index in [9.17, 15) is 9.59 Å². The van der Waals surface area contributed by atoms with Crippen molar-refractivity contribution in [1.82, 2.24) is 10.6 Å². The fourth-order valence-electron chi connectivity index (χ4n) is 3.10. The molecule has 0 saturated carbocycles. The fraction of sp³-hybridized carbons (Fsp3) is 0.529. The molecule has 2 aliphatic heterocycles. The van der Waals surface area contributed by atoms with E-state index in [0.29, 0.717) is 17.4 Å². The van der Waals surface area contributed by atoms with Gasteiger partial charge in [-0.2, -0.15) is 0 Å². The van der Waals surface area contributed by atoms with Crippen molar-refractivity contribution in [1.29, 1.82) is 0 Å². The van der Waals surface area contributed by atoms with Crippen LogP contribution < -0.4 is 20.3 Å². The number of hydrogen-bond acceptors (Lipinski definition) is 4. The van der Waals surface area contributed by atoms with Crippen molar-refractivity contribution in [3.8, 4) is 5.75 Å². The normalized spacial score (nSPS) is 26.0. The van der Waals surface area contributed by atoms with E-state index in [-0.39, 0.29) is 36.8 Å². The Kier molecular flexibility index (Phi) is 6.07. The summed E-state index contributed by atoms with van der Waals surface area (Å²) < 4.78 is 5.59. The predicted molar refractivity (Wildman–Crippen MR) is 94.7 cm³/mol. The second kappa shape index (κ2) is 7.85. The Morgan fingerprint density at radius 1 is 1.38 bits per heavy atom. The number of nitrogens with zero attached hydrogens (tertiary/aromatic N) is 1. The lowest BCUT2D eigenvalue weighted by molar-refractivity contribution is -0.128. The van der Waals surface area contributed by atoms with Gasteiger partial charge in [-0.1, -0.05) is 19.1 Å². The van der Waals surface area contributed by atoms with Crippen molar-refractivity contribution in [3.05, 3.63) is 24.3 Å². The molecule has 0 aromatic heterocycles. The summed E-state index contributed by atoms with van der Waals surface area (Å²) in [6.07, 6.45) is 0.467. The van der Waals surface area contributed by atoms with Gasteiger partial charge in [-0.3, -0.25) is 14.5 Å². The van der Waals surface area contributed by atoms with E-state index >= 15 is 0 Å². The number of ether oxygens (including phenoxy) is 1. The molecule has 6 nitrogen and oxygen atoms in total. The molecule has 3 unspecified atom stereocenters. The van der Waals surface area contributed by atoms with E-state index in [4.69, 9.17) is 4.74 Å². The molecule has 3 atom stereocenters. The molecule has 2 amide bonds. The third-order valence-electron chi connectivity index (χ3n) is 4.55. The summed E-state index contributed by atoms with van der Waals surface area (Å²) in [5, 5.41) is 6.34. The van der Waals surface area contributed by atoms with Gasteiger partial charge in [0.05, 0.1) is 5.69 Å². The van der Waals surface area contributed by atoms with E-state index in [1.54, 1.807) is 13.0 Å². The van der Waals surface area contributed by atoms with Crippen LogP contribution in [0.25, 0.3) is 0 Å². The van der Waals surface area contributed by atoms with E-state index in [1.807, 2.05) is 18.2 Å². The number of para-hydroxylation sites is 2. The molecule has 0 aliphatic carbocycles. The van der Waals surface area contributed by atoms with E-state index < -0.39 is 6.10 Å². The van der Waals surface area contributed by atoms with Crippen molar-refractivity contribution in [3.63, 3.8) is 0 Å². The maximum absolute atomic E-state index is 12.4.